The van der Waals surface area contributed by atoms with E-state index < -0.39 is 0 Å². The summed E-state index contributed by atoms with van der Waals surface area (Å²) < 4.78 is 5.42. The van der Waals surface area contributed by atoms with Crippen molar-refractivity contribution in [3.63, 3.8) is 0 Å². The summed E-state index contributed by atoms with van der Waals surface area (Å²) in [6, 6.07) is 0.834. The minimum absolute atomic E-state index is 0.400. The van der Waals surface area contributed by atoms with Crippen LogP contribution < -0.4 is 5.32 Å². The molecule has 15 heavy (non-hydrogen) atoms. The first-order chi connectivity index (χ1) is 7.14. The van der Waals surface area contributed by atoms with E-state index in [0.717, 1.165) is 12.0 Å². The van der Waals surface area contributed by atoms with Crippen LogP contribution in [-0.4, -0.2) is 25.8 Å². The Morgan fingerprint density at radius 3 is 2.47 bits per heavy atom. The van der Waals surface area contributed by atoms with Gasteiger partial charge in [-0.1, -0.05) is 6.92 Å². The fourth-order valence-electron chi connectivity index (χ4n) is 2.57. The maximum atomic E-state index is 5.42. The molecule has 0 aromatic carbocycles. The van der Waals surface area contributed by atoms with Crippen molar-refractivity contribution in [1.29, 1.82) is 0 Å². The van der Waals surface area contributed by atoms with Gasteiger partial charge in [-0.15, -0.1) is 0 Å². The topological polar surface area (TPSA) is 21.3 Å². The van der Waals surface area contributed by atoms with Crippen LogP contribution in [0.25, 0.3) is 0 Å². The van der Waals surface area contributed by atoms with Crippen LogP contribution in [0, 0.1) is 11.3 Å². The normalized spacial score (nSPS) is 27.4. The van der Waals surface area contributed by atoms with E-state index in [0.29, 0.717) is 11.5 Å². The summed E-state index contributed by atoms with van der Waals surface area (Å²) in [4.78, 5) is 0. The van der Waals surface area contributed by atoms with Crippen LogP contribution in [0.15, 0.2) is 0 Å². The molecule has 0 bridgehead atoms. The number of hydrogen-bond acceptors (Lipinski definition) is 2. The second kappa shape index (κ2) is 4.42. The highest BCUT2D eigenvalue weighted by atomic mass is 16.5. The van der Waals surface area contributed by atoms with Crippen LogP contribution in [0.1, 0.15) is 46.0 Å². The Hall–Kier alpha value is -0.0800. The van der Waals surface area contributed by atoms with Crippen LogP contribution in [-0.2, 0) is 4.74 Å². The third kappa shape index (κ3) is 3.18. The van der Waals surface area contributed by atoms with Crippen molar-refractivity contribution in [2.24, 2.45) is 11.3 Å². The smallest absolute Gasteiger partial charge is 0.0549 e. The maximum absolute atomic E-state index is 5.42. The van der Waals surface area contributed by atoms with E-state index in [4.69, 9.17) is 4.74 Å². The minimum atomic E-state index is 0.400. The molecule has 2 aliphatic rings. The molecule has 0 amide bonds. The zero-order valence-corrected chi connectivity index (χ0v) is 10.4. The lowest BCUT2D eigenvalue weighted by molar-refractivity contribution is 0.0607. The van der Waals surface area contributed by atoms with Gasteiger partial charge in [0.15, 0.2) is 0 Å². The van der Waals surface area contributed by atoms with Gasteiger partial charge in [-0.2, -0.15) is 0 Å². The van der Waals surface area contributed by atoms with Crippen LogP contribution in [0.3, 0.4) is 0 Å². The molecule has 0 spiro atoms. The molecule has 2 fully saturated rings. The standard InChI is InChI=1S/C13H25NO/c1-10(15-3)8-13(2,11-4-5-11)9-14-12-6-7-12/h10-12,14H,4-9H2,1-3H3. The van der Waals surface area contributed by atoms with E-state index in [1.807, 2.05) is 7.11 Å². The molecule has 0 radical (unpaired) electrons. The number of ether oxygens (including phenoxy) is 1. The molecule has 0 saturated heterocycles. The van der Waals surface area contributed by atoms with Gasteiger partial charge in [0.1, 0.15) is 0 Å². The molecular weight excluding hydrogens is 186 g/mol. The molecule has 0 aliphatic heterocycles. The number of nitrogens with one attached hydrogen (secondary N) is 1. The summed E-state index contributed by atoms with van der Waals surface area (Å²) in [6.07, 6.45) is 7.24. The van der Waals surface area contributed by atoms with Crippen LogP contribution in [0.5, 0.6) is 0 Å². The highest BCUT2D eigenvalue weighted by Crippen LogP contribution is 2.48. The molecule has 2 atom stereocenters. The lowest BCUT2D eigenvalue weighted by atomic mass is 9.79. The highest BCUT2D eigenvalue weighted by molar-refractivity contribution is 4.95. The minimum Gasteiger partial charge on any atom is -0.382 e. The van der Waals surface area contributed by atoms with Crippen molar-refractivity contribution in [3.8, 4) is 0 Å². The summed E-state index contributed by atoms with van der Waals surface area (Å²) in [5, 5.41) is 3.69. The first-order valence-corrected chi connectivity index (χ1v) is 6.40. The summed E-state index contributed by atoms with van der Waals surface area (Å²) in [5.41, 5.74) is 0.470. The average Bonchev–Trinajstić information content (AvgIpc) is 3.05. The molecule has 2 saturated carbocycles. The van der Waals surface area contributed by atoms with E-state index in [2.05, 4.69) is 19.2 Å². The second-order valence-electron chi connectivity index (χ2n) is 5.83. The molecule has 2 rings (SSSR count). The molecule has 2 unspecified atom stereocenters. The van der Waals surface area contributed by atoms with Gasteiger partial charge < -0.3 is 10.1 Å². The van der Waals surface area contributed by atoms with Crippen molar-refractivity contribution in [1.82, 2.24) is 5.32 Å². The molecule has 2 nitrogen and oxygen atoms in total. The summed E-state index contributed by atoms with van der Waals surface area (Å²) in [5.74, 6) is 0.946. The summed E-state index contributed by atoms with van der Waals surface area (Å²) in [6.45, 7) is 5.82. The molecule has 0 aromatic rings. The predicted octanol–water partition coefficient (Wildman–Crippen LogP) is 2.58. The van der Waals surface area contributed by atoms with Gasteiger partial charge in [-0.25, -0.2) is 0 Å². The second-order valence-corrected chi connectivity index (χ2v) is 5.83. The maximum Gasteiger partial charge on any atom is 0.0549 e. The number of rotatable bonds is 7. The monoisotopic (exact) mass is 211 g/mol. The fraction of sp³-hybridized carbons (Fsp3) is 1.00. The van der Waals surface area contributed by atoms with Gasteiger partial charge in [-0.3, -0.25) is 0 Å². The molecule has 1 N–H and O–H groups in total. The van der Waals surface area contributed by atoms with E-state index in [9.17, 15) is 0 Å². The quantitative estimate of drug-likeness (QED) is 0.699. The van der Waals surface area contributed by atoms with Crippen molar-refractivity contribution >= 4 is 0 Å². The van der Waals surface area contributed by atoms with E-state index in [1.54, 1.807) is 0 Å². The van der Waals surface area contributed by atoms with Crippen molar-refractivity contribution < 1.29 is 4.74 Å². The van der Waals surface area contributed by atoms with E-state index in [-0.39, 0.29) is 0 Å². The van der Waals surface area contributed by atoms with Crippen molar-refractivity contribution in [3.05, 3.63) is 0 Å². The molecule has 0 heterocycles. The third-order valence-electron chi connectivity index (χ3n) is 4.09. The Labute approximate surface area is 93.8 Å². The largest absolute Gasteiger partial charge is 0.382 e. The Kier molecular flexibility index (Phi) is 3.36. The zero-order chi connectivity index (χ0) is 10.9. The highest BCUT2D eigenvalue weighted by Gasteiger charge is 2.42. The van der Waals surface area contributed by atoms with Gasteiger partial charge in [0.2, 0.25) is 0 Å². The molecule has 2 aliphatic carbocycles. The first kappa shape index (κ1) is 11.4. The lowest BCUT2D eigenvalue weighted by Crippen LogP contribution is -2.37. The van der Waals surface area contributed by atoms with E-state index in [1.165, 1.54) is 38.6 Å². The van der Waals surface area contributed by atoms with E-state index >= 15 is 0 Å². The first-order valence-electron chi connectivity index (χ1n) is 6.40. The van der Waals surface area contributed by atoms with Crippen LogP contribution in [0.4, 0.5) is 0 Å². The Morgan fingerprint density at radius 1 is 1.33 bits per heavy atom. The average molecular weight is 211 g/mol. The van der Waals surface area contributed by atoms with Gasteiger partial charge in [0.25, 0.3) is 0 Å². The van der Waals surface area contributed by atoms with Gasteiger partial charge in [-0.05, 0) is 50.4 Å². The third-order valence-corrected chi connectivity index (χ3v) is 4.09. The zero-order valence-electron chi connectivity index (χ0n) is 10.4. The predicted molar refractivity (Wildman–Crippen MR) is 62.9 cm³/mol. The molecule has 0 aromatic heterocycles. The van der Waals surface area contributed by atoms with Crippen molar-refractivity contribution in [2.75, 3.05) is 13.7 Å². The summed E-state index contributed by atoms with van der Waals surface area (Å²) >= 11 is 0. The Bertz CT molecular complexity index is 211. The van der Waals surface area contributed by atoms with Gasteiger partial charge >= 0.3 is 0 Å². The van der Waals surface area contributed by atoms with Crippen LogP contribution in [0.2, 0.25) is 0 Å². The Balaban J connectivity index is 1.83. The summed E-state index contributed by atoms with van der Waals surface area (Å²) in [7, 11) is 1.83. The molecule has 2 heteroatoms. The lowest BCUT2D eigenvalue weighted by Gasteiger charge is -2.32. The van der Waals surface area contributed by atoms with Crippen molar-refractivity contribution in [2.45, 2.75) is 58.1 Å². The number of methoxy groups -OCH3 is 1. The molecule has 88 valence electrons. The van der Waals surface area contributed by atoms with Crippen LogP contribution >= 0.6 is 0 Å². The molecular formula is C13H25NO. The Morgan fingerprint density at radius 2 is 2.00 bits per heavy atom. The van der Waals surface area contributed by atoms with Gasteiger partial charge in [0.05, 0.1) is 6.10 Å². The number of hydrogen-bond donors (Lipinski definition) is 1. The van der Waals surface area contributed by atoms with Gasteiger partial charge in [0, 0.05) is 19.7 Å². The fourth-order valence-corrected chi connectivity index (χ4v) is 2.57. The SMILES string of the molecule is COC(C)CC(C)(CNC1CC1)C1CC1.